The van der Waals surface area contributed by atoms with Crippen LogP contribution in [0.1, 0.15) is 26.3 Å². The smallest absolute Gasteiger partial charge is 0.308 e. The zero-order chi connectivity index (χ0) is 17.9. The Balaban J connectivity index is 1.66. The van der Waals surface area contributed by atoms with Gasteiger partial charge >= 0.3 is 6.03 Å². The van der Waals surface area contributed by atoms with E-state index in [1.165, 1.54) is 11.9 Å². The monoisotopic (exact) mass is 336 g/mol. The quantitative estimate of drug-likeness (QED) is 0.765. The maximum absolute atomic E-state index is 12.2. The van der Waals surface area contributed by atoms with E-state index in [0.29, 0.717) is 11.6 Å². The second-order valence-corrected chi connectivity index (χ2v) is 6.64. The highest BCUT2D eigenvalue weighted by molar-refractivity contribution is 5.99. The highest BCUT2D eigenvalue weighted by Crippen LogP contribution is 2.23. The van der Waals surface area contributed by atoms with Crippen molar-refractivity contribution in [2.24, 2.45) is 0 Å². The molecule has 2 N–H and O–H groups in total. The lowest BCUT2D eigenvalue weighted by atomic mass is 9.87. The van der Waals surface area contributed by atoms with Gasteiger partial charge in [-0.2, -0.15) is 0 Å². The summed E-state index contributed by atoms with van der Waals surface area (Å²) < 4.78 is 1.73. The number of imidazole rings is 1. The van der Waals surface area contributed by atoms with E-state index in [4.69, 9.17) is 0 Å². The van der Waals surface area contributed by atoms with E-state index in [0.717, 1.165) is 5.69 Å². The summed E-state index contributed by atoms with van der Waals surface area (Å²) in [5.74, 6) is 1.03. The molecule has 0 saturated carbocycles. The molecule has 0 aliphatic carbocycles. The third-order valence-electron chi connectivity index (χ3n) is 3.67. The second kappa shape index (κ2) is 6.72. The number of rotatable bonds is 3. The number of nitrogens with zero attached hydrogens (tertiary/aromatic N) is 4. The van der Waals surface area contributed by atoms with Crippen molar-refractivity contribution in [1.29, 1.82) is 0 Å². The van der Waals surface area contributed by atoms with Gasteiger partial charge in [0, 0.05) is 24.1 Å². The fraction of sp³-hybridized carbons (Fsp3) is 0.222. The van der Waals surface area contributed by atoms with Gasteiger partial charge in [-0.15, -0.1) is 0 Å². The lowest BCUT2D eigenvalue weighted by Crippen LogP contribution is -2.20. The molecule has 2 amide bonds. The first-order valence-corrected chi connectivity index (χ1v) is 7.91. The van der Waals surface area contributed by atoms with Crippen molar-refractivity contribution in [3.63, 3.8) is 0 Å². The van der Waals surface area contributed by atoms with Crippen LogP contribution in [0.4, 0.5) is 16.3 Å². The Morgan fingerprint density at radius 3 is 2.48 bits per heavy atom. The second-order valence-electron chi connectivity index (χ2n) is 6.64. The Bertz CT molecular complexity index is 850. The number of aromatic nitrogens is 4. The summed E-state index contributed by atoms with van der Waals surface area (Å²) >= 11 is 0. The number of hydrogen-bond donors (Lipinski definition) is 2. The lowest BCUT2D eigenvalue weighted by molar-refractivity contribution is 0.262. The topological polar surface area (TPSA) is 84.7 Å². The van der Waals surface area contributed by atoms with E-state index < -0.39 is 0 Å². The van der Waals surface area contributed by atoms with Crippen LogP contribution in [0.25, 0.3) is 5.82 Å². The average molecular weight is 336 g/mol. The number of carbonyl (C=O) groups is 1. The number of urea groups is 1. The molecule has 7 heteroatoms. The van der Waals surface area contributed by atoms with Crippen molar-refractivity contribution in [3.05, 3.63) is 60.9 Å². The van der Waals surface area contributed by atoms with Crippen LogP contribution in [-0.2, 0) is 5.41 Å². The van der Waals surface area contributed by atoms with Gasteiger partial charge in [-0.25, -0.2) is 19.7 Å². The van der Waals surface area contributed by atoms with Crippen molar-refractivity contribution >= 4 is 17.5 Å². The number of hydrogen-bond acceptors (Lipinski definition) is 4. The van der Waals surface area contributed by atoms with Gasteiger partial charge in [0.05, 0.1) is 0 Å². The molecule has 25 heavy (non-hydrogen) atoms. The van der Waals surface area contributed by atoms with Crippen molar-refractivity contribution in [2.75, 3.05) is 10.6 Å². The molecule has 3 rings (SSSR count). The summed E-state index contributed by atoms with van der Waals surface area (Å²) in [6.07, 6.45) is 6.44. The molecule has 7 nitrogen and oxygen atoms in total. The summed E-state index contributed by atoms with van der Waals surface area (Å²) in [4.78, 5) is 24.3. The first-order valence-electron chi connectivity index (χ1n) is 7.91. The highest BCUT2D eigenvalue weighted by Gasteiger charge is 2.13. The predicted molar refractivity (Wildman–Crippen MR) is 96.9 cm³/mol. The third kappa shape index (κ3) is 4.20. The molecule has 0 radical (unpaired) electrons. The lowest BCUT2D eigenvalue weighted by Gasteiger charge is -2.19. The summed E-state index contributed by atoms with van der Waals surface area (Å²) in [5.41, 5.74) is 2.00. The molecule has 1 aromatic carbocycles. The van der Waals surface area contributed by atoms with Gasteiger partial charge in [0.25, 0.3) is 0 Å². The predicted octanol–water partition coefficient (Wildman–Crippen LogP) is 3.60. The normalized spacial score (nSPS) is 11.2. The highest BCUT2D eigenvalue weighted by atomic mass is 16.2. The third-order valence-corrected chi connectivity index (χ3v) is 3.67. The molecular weight excluding hydrogens is 316 g/mol. The Morgan fingerprint density at radius 1 is 1.08 bits per heavy atom. The molecule has 128 valence electrons. The SMILES string of the molecule is CC(C)(C)c1ccc(NC(=O)Nc2cc(-n3ccnc3)ncn2)cc1. The van der Waals surface area contributed by atoms with Crippen LogP contribution in [0.2, 0.25) is 0 Å². The molecule has 0 fully saturated rings. The molecule has 2 heterocycles. The maximum atomic E-state index is 12.2. The summed E-state index contributed by atoms with van der Waals surface area (Å²) in [5, 5.41) is 5.50. The van der Waals surface area contributed by atoms with Crippen LogP contribution in [0.15, 0.2) is 55.4 Å². The van der Waals surface area contributed by atoms with Gasteiger partial charge in [0.2, 0.25) is 0 Å². The Hall–Kier alpha value is -3.22. The van der Waals surface area contributed by atoms with Gasteiger partial charge in [-0.05, 0) is 23.1 Å². The molecule has 2 aromatic heterocycles. The summed E-state index contributed by atoms with van der Waals surface area (Å²) in [6, 6.07) is 9.10. The molecule has 0 aliphatic rings. The molecule has 0 bridgehead atoms. The zero-order valence-electron chi connectivity index (χ0n) is 14.4. The van der Waals surface area contributed by atoms with Crippen molar-refractivity contribution in [3.8, 4) is 5.82 Å². The van der Waals surface area contributed by atoms with E-state index >= 15 is 0 Å². The van der Waals surface area contributed by atoms with Gasteiger partial charge in [-0.1, -0.05) is 32.9 Å². The van der Waals surface area contributed by atoms with E-state index in [9.17, 15) is 4.79 Å². The Labute approximate surface area is 146 Å². The average Bonchev–Trinajstić information content (AvgIpc) is 3.09. The number of carbonyl (C=O) groups excluding carboxylic acids is 1. The minimum Gasteiger partial charge on any atom is -0.308 e. The zero-order valence-corrected chi connectivity index (χ0v) is 14.4. The molecule has 0 atom stereocenters. The largest absolute Gasteiger partial charge is 0.324 e. The van der Waals surface area contributed by atoms with Gasteiger partial charge < -0.3 is 5.32 Å². The number of nitrogens with one attached hydrogen (secondary N) is 2. The molecular formula is C18H20N6O. The number of amides is 2. The van der Waals surface area contributed by atoms with Crippen LogP contribution in [0.5, 0.6) is 0 Å². The van der Waals surface area contributed by atoms with Gasteiger partial charge in [0.15, 0.2) is 0 Å². The molecule has 0 unspecified atom stereocenters. The first-order chi connectivity index (χ1) is 11.9. The molecule has 0 aliphatic heterocycles. The van der Waals surface area contributed by atoms with Crippen LogP contribution in [-0.4, -0.2) is 25.6 Å². The van der Waals surface area contributed by atoms with Crippen LogP contribution in [0.3, 0.4) is 0 Å². The van der Waals surface area contributed by atoms with Crippen molar-refractivity contribution in [2.45, 2.75) is 26.2 Å². The summed E-state index contributed by atoms with van der Waals surface area (Å²) in [7, 11) is 0. The first kappa shape index (κ1) is 16.6. The molecule has 0 saturated heterocycles. The molecule has 0 spiro atoms. The van der Waals surface area contributed by atoms with Crippen LogP contribution in [0, 0.1) is 0 Å². The fourth-order valence-corrected chi connectivity index (χ4v) is 2.28. The molecule has 3 aromatic rings. The van der Waals surface area contributed by atoms with E-state index in [1.54, 1.807) is 29.4 Å². The Morgan fingerprint density at radius 2 is 1.84 bits per heavy atom. The van der Waals surface area contributed by atoms with Crippen LogP contribution >= 0.6 is 0 Å². The number of anilines is 2. The van der Waals surface area contributed by atoms with Crippen molar-refractivity contribution in [1.82, 2.24) is 19.5 Å². The fourth-order valence-electron chi connectivity index (χ4n) is 2.28. The Kier molecular flexibility index (Phi) is 4.47. The van der Waals surface area contributed by atoms with Gasteiger partial charge in [0.1, 0.15) is 24.3 Å². The minimum absolute atomic E-state index is 0.0749. The minimum atomic E-state index is -0.362. The van der Waals surface area contributed by atoms with Crippen molar-refractivity contribution < 1.29 is 4.79 Å². The van der Waals surface area contributed by atoms with E-state index in [-0.39, 0.29) is 11.4 Å². The summed E-state index contributed by atoms with van der Waals surface area (Å²) in [6.45, 7) is 6.44. The number of benzene rings is 1. The maximum Gasteiger partial charge on any atom is 0.324 e. The van der Waals surface area contributed by atoms with Crippen LogP contribution < -0.4 is 10.6 Å². The van der Waals surface area contributed by atoms with E-state index in [1.807, 2.05) is 24.3 Å². The van der Waals surface area contributed by atoms with E-state index in [2.05, 4.69) is 46.4 Å². The van der Waals surface area contributed by atoms with Gasteiger partial charge in [-0.3, -0.25) is 9.88 Å². The standard InChI is InChI=1S/C18H20N6O/c1-18(2,3)13-4-6-14(7-5-13)22-17(25)23-15-10-16(21-11-20-15)24-9-8-19-12-24/h4-12H,1-3H3,(H2,20,21,22,23,25).